The lowest BCUT2D eigenvalue weighted by Crippen LogP contribution is -2.17. The van der Waals surface area contributed by atoms with Crippen LogP contribution in [-0.4, -0.2) is 14.9 Å². The highest BCUT2D eigenvalue weighted by molar-refractivity contribution is 5.19. The largest absolute Gasteiger partial charge is 0.384 e. The molecule has 0 aromatic carbocycles. The number of aliphatic hydroxyl groups is 1. The van der Waals surface area contributed by atoms with Crippen molar-refractivity contribution in [3.8, 4) is 0 Å². The summed E-state index contributed by atoms with van der Waals surface area (Å²) in [5.74, 6) is 0. The maximum Gasteiger partial charge on any atom is 0.103 e. The number of hydrogen-bond acceptors (Lipinski definition) is 2. The van der Waals surface area contributed by atoms with Gasteiger partial charge in [0.1, 0.15) is 5.60 Å². The van der Waals surface area contributed by atoms with E-state index in [9.17, 15) is 5.11 Å². The van der Waals surface area contributed by atoms with Gasteiger partial charge in [-0.25, -0.2) is 0 Å². The molecule has 0 spiro atoms. The molecule has 1 N–H and O–H groups in total. The van der Waals surface area contributed by atoms with E-state index in [1.165, 1.54) is 0 Å². The fourth-order valence-corrected chi connectivity index (χ4v) is 1.21. The zero-order chi connectivity index (χ0) is 8.65. The van der Waals surface area contributed by atoms with Gasteiger partial charge in [0.15, 0.2) is 0 Å². The van der Waals surface area contributed by atoms with Crippen molar-refractivity contribution in [2.24, 2.45) is 7.05 Å². The molecule has 1 rings (SSSR count). The van der Waals surface area contributed by atoms with Gasteiger partial charge in [0.05, 0.1) is 5.69 Å². The van der Waals surface area contributed by atoms with E-state index in [2.05, 4.69) is 5.10 Å². The molecule has 1 aromatic heterocycles. The van der Waals surface area contributed by atoms with Gasteiger partial charge in [-0.3, -0.25) is 4.68 Å². The van der Waals surface area contributed by atoms with Crippen LogP contribution in [0.4, 0.5) is 0 Å². The standard InChI is InChI=1S/C8H14N2O/c1-6-5-10(4)9-7(6)8(2,3)11/h5,11H,1-4H3. The molecule has 11 heavy (non-hydrogen) atoms. The average Bonchev–Trinajstić information content (AvgIpc) is 2.08. The van der Waals surface area contributed by atoms with Crippen LogP contribution in [0.3, 0.4) is 0 Å². The fourth-order valence-electron chi connectivity index (χ4n) is 1.21. The summed E-state index contributed by atoms with van der Waals surface area (Å²) in [6.07, 6.45) is 1.90. The normalized spacial score (nSPS) is 12.1. The molecule has 1 heterocycles. The van der Waals surface area contributed by atoms with E-state index in [0.29, 0.717) is 0 Å². The van der Waals surface area contributed by atoms with Crippen LogP contribution in [0.15, 0.2) is 6.20 Å². The van der Waals surface area contributed by atoms with Gasteiger partial charge in [0.2, 0.25) is 0 Å². The number of rotatable bonds is 1. The number of hydrogen-bond donors (Lipinski definition) is 1. The second-order valence-electron chi connectivity index (χ2n) is 3.39. The van der Waals surface area contributed by atoms with Gasteiger partial charge >= 0.3 is 0 Å². The zero-order valence-electron chi connectivity index (χ0n) is 7.42. The summed E-state index contributed by atoms with van der Waals surface area (Å²) < 4.78 is 1.71. The lowest BCUT2D eigenvalue weighted by atomic mass is 10.0. The molecular weight excluding hydrogens is 140 g/mol. The Kier molecular flexibility index (Phi) is 1.76. The second-order valence-corrected chi connectivity index (χ2v) is 3.39. The molecule has 0 radical (unpaired) electrons. The molecule has 0 aliphatic carbocycles. The van der Waals surface area contributed by atoms with Crippen LogP contribution < -0.4 is 0 Å². The first-order chi connectivity index (χ1) is 4.91. The van der Waals surface area contributed by atoms with Crippen LogP contribution >= 0.6 is 0 Å². The van der Waals surface area contributed by atoms with Gasteiger partial charge in [0, 0.05) is 13.2 Å². The van der Waals surface area contributed by atoms with E-state index in [4.69, 9.17) is 0 Å². The maximum atomic E-state index is 9.61. The van der Waals surface area contributed by atoms with Crippen molar-refractivity contribution < 1.29 is 5.11 Å². The summed E-state index contributed by atoms with van der Waals surface area (Å²) in [5.41, 5.74) is 0.950. The summed E-state index contributed by atoms with van der Waals surface area (Å²) in [6, 6.07) is 0. The SMILES string of the molecule is Cc1cn(C)nc1C(C)(C)O. The van der Waals surface area contributed by atoms with E-state index in [-0.39, 0.29) is 0 Å². The van der Waals surface area contributed by atoms with Crippen LogP contribution in [0.25, 0.3) is 0 Å². The Morgan fingerprint density at radius 3 is 2.27 bits per heavy atom. The summed E-state index contributed by atoms with van der Waals surface area (Å²) >= 11 is 0. The van der Waals surface area contributed by atoms with E-state index in [0.717, 1.165) is 11.3 Å². The summed E-state index contributed by atoms with van der Waals surface area (Å²) in [7, 11) is 1.85. The number of nitrogens with zero attached hydrogens (tertiary/aromatic N) is 2. The molecule has 0 aliphatic rings. The first-order valence-electron chi connectivity index (χ1n) is 3.64. The van der Waals surface area contributed by atoms with Gasteiger partial charge in [-0.2, -0.15) is 5.10 Å². The molecule has 0 amide bonds. The molecule has 62 valence electrons. The molecule has 0 unspecified atom stereocenters. The molecule has 1 aromatic rings. The van der Waals surface area contributed by atoms with Crippen molar-refractivity contribution in [3.05, 3.63) is 17.5 Å². The van der Waals surface area contributed by atoms with Crippen molar-refractivity contribution in [1.82, 2.24) is 9.78 Å². The Bertz CT molecular complexity index is 258. The highest BCUT2D eigenvalue weighted by Crippen LogP contribution is 2.20. The molecule has 3 heteroatoms. The van der Waals surface area contributed by atoms with Gasteiger partial charge in [-0.05, 0) is 26.3 Å². The quantitative estimate of drug-likeness (QED) is 0.654. The molecular formula is C8H14N2O. The maximum absolute atomic E-state index is 9.61. The Morgan fingerprint density at radius 2 is 2.09 bits per heavy atom. The lowest BCUT2D eigenvalue weighted by molar-refractivity contribution is 0.0725. The molecule has 0 atom stereocenters. The van der Waals surface area contributed by atoms with Crippen molar-refractivity contribution in [2.45, 2.75) is 26.4 Å². The minimum absolute atomic E-state index is 0.750. The number of aromatic nitrogens is 2. The first kappa shape index (κ1) is 8.27. The monoisotopic (exact) mass is 154 g/mol. The smallest absolute Gasteiger partial charge is 0.103 e. The van der Waals surface area contributed by atoms with E-state index in [1.807, 2.05) is 20.2 Å². The second kappa shape index (κ2) is 2.34. The van der Waals surface area contributed by atoms with Crippen LogP contribution in [0, 0.1) is 6.92 Å². The van der Waals surface area contributed by atoms with Gasteiger partial charge in [-0.1, -0.05) is 0 Å². The minimum atomic E-state index is -0.828. The predicted molar refractivity (Wildman–Crippen MR) is 43.2 cm³/mol. The Hall–Kier alpha value is -0.830. The summed E-state index contributed by atoms with van der Waals surface area (Å²) in [6.45, 7) is 5.42. The zero-order valence-corrected chi connectivity index (χ0v) is 7.42. The van der Waals surface area contributed by atoms with E-state index < -0.39 is 5.60 Å². The lowest BCUT2D eigenvalue weighted by Gasteiger charge is -2.14. The van der Waals surface area contributed by atoms with Crippen molar-refractivity contribution >= 4 is 0 Å². The van der Waals surface area contributed by atoms with Gasteiger partial charge < -0.3 is 5.11 Å². The molecule has 0 bridgehead atoms. The Labute approximate surface area is 66.7 Å². The van der Waals surface area contributed by atoms with Crippen molar-refractivity contribution in [2.75, 3.05) is 0 Å². The first-order valence-corrected chi connectivity index (χ1v) is 3.64. The molecule has 0 saturated carbocycles. The molecule has 3 nitrogen and oxygen atoms in total. The third-order valence-corrected chi connectivity index (χ3v) is 1.59. The van der Waals surface area contributed by atoms with Crippen LogP contribution in [-0.2, 0) is 12.6 Å². The highest BCUT2D eigenvalue weighted by atomic mass is 16.3. The third kappa shape index (κ3) is 1.60. The third-order valence-electron chi connectivity index (χ3n) is 1.59. The van der Waals surface area contributed by atoms with E-state index in [1.54, 1.807) is 18.5 Å². The van der Waals surface area contributed by atoms with Crippen LogP contribution in [0.1, 0.15) is 25.1 Å². The predicted octanol–water partition coefficient (Wildman–Crippen LogP) is 0.956. The summed E-state index contributed by atoms with van der Waals surface area (Å²) in [4.78, 5) is 0. The minimum Gasteiger partial charge on any atom is -0.384 e. The van der Waals surface area contributed by atoms with Crippen LogP contribution in [0.2, 0.25) is 0 Å². The Morgan fingerprint density at radius 1 is 1.55 bits per heavy atom. The molecule has 0 aliphatic heterocycles. The van der Waals surface area contributed by atoms with Crippen LogP contribution in [0.5, 0.6) is 0 Å². The van der Waals surface area contributed by atoms with Gasteiger partial charge in [-0.15, -0.1) is 0 Å². The average molecular weight is 154 g/mol. The number of aryl methyl sites for hydroxylation is 2. The highest BCUT2D eigenvalue weighted by Gasteiger charge is 2.21. The topological polar surface area (TPSA) is 38.0 Å². The van der Waals surface area contributed by atoms with Crippen molar-refractivity contribution in [3.63, 3.8) is 0 Å². The summed E-state index contributed by atoms with van der Waals surface area (Å²) in [5, 5.41) is 13.8. The van der Waals surface area contributed by atoms with Gasteiger partial charge in [0.25, 0.3) is 0 Å². The van der Waals surface area contributed by atoms with Crippen molar-refractivity contribution in [1.29, 1.82) is 0 Å². The Balaban J connectivity index is 3.13. The molecule has 0 fully saturated rings. The fraction of sp³-hybridized carbons (Fsp3) is 0.625. The molecule has 0 saturated heterocycles. The van der Waals surface area contributed by atoms with E-state index >= 15 is 0 Å².